The van der Waals surface area contributed by atoms with Crippen LogP contribution in [0.2, 0.25) is 0 Å². The maximum absolute atomic E-state index is 12.8. The summed E-state index contributed by atoms with van der Waals surface area (Å²) in [7, 11) is 1.64. The molecule has 1 heterocycles. The highest BCUT2D eigenvalue weighted by molar-refractivity contribution is 6.17. The first-order valence-electron chi connectivity index (χ1n) is 7.60. The van der Waals surface area contributed by atoms with E-state index >= 15 is 0 Å². The molecule has 1 aromatic rings. The third-order valence-corrected chi connectivity index (χ3v) is 3.95. The Morgan fingerprint density at radius 2 is 1.64 bits per heavy atom. The Kier molecular flexibility index (Phi) is 4.29. The molecule has 5 nitrogen and oxygen atoms in total. The summed E-state index contributed by atoms with van der Waals surface area (Å²) in [5.74, 6) is 0.196. The third kappa shape index (κ3) is 2.99. The van der Waals surface area contributed by atoms with Gasteiger partial charge in [-0.25, -0.2) is 15.1 Å². The second kappa shape index (κ2) is 5.72. The van der Waals surface area contributed by atoms with Crippen molar-refractivity contribution in [3.05, 3.63) is 29.8 Å². The van der Waals surface area contributed by atoms with Crippen LogP contribution < -0.4 is 10.3 Å². The summed E-state index contributed by atoms with van der Waals surface area (Å²) in [6.07, 6.45) is 0. The highest BCUT2D eigenvalue weighted by Gasteiger charge is 2.43. The number of carbonyl (C=O) groups is 2. The van der Waals surface area contributed by atoms with Crippen molar-refractivity contribution < 1.29 is 9.59 Å². The molecule has 1 aromatic carbocycles. The van der Waals surface area contributed by atoms with Gasteiger partial charge in [-0.15, -0.1) is 0 Å². The maximum atomic E-state index is 12.8. The average molecular weight is 303 g/mol. The van der Waals surface area contributed by atoms with Gasteiger partial charge in [0.25, 0.3) is 5.91 Å². The summed E-state index contributed by atoms with van der Waals surface area (Å²) < 4.78 is 0. The van der Waals surface area contributed by atoms with Crippen molar-refractivity contribution in [2.75, 3.05) is 11.9 Å². The van der Waals surface area contributed by atoms with Crippen molar-refractivity contribution in [3.63, 3.8) is 0 Å². The van der Waals surface area contributed by atoms with E-state index < -0.39 is 6.04 Å². The minimum Gasteiger partial charge on any atom is -0.272 e. The molecule has 0 saturated carbocycles. The van der Waals surface area contributed by atoms with Crippen LogP contribution in [0, 0.1) is 5.41 Å². The lowest BCUT2D eigenvalue weighted by Crippen LogP contribution is -2.67. The van der Waals surface area contributed by atoms with Crippen molar-refractivity contribution in [1.82, 2.24) is 10.4 Å². The number of rotatable bonds is 2. The minimum atomic E-state index is -0.444. The number of amides is 3. The van der Waals surface area contributed by atoms with Gasteiger partial charge < -0.3 is 0 Å². The molecule has 5 heteroatoms. The van der Waals surface area contributed by atoms with Gasteiger partial charge in [-0.2, -0.15) is 0 Å². The largest absolute Gasteiger partial charge is 0.345 e. The van der Waals surface area contributed by atoms with Crippen LogP contribution in [0.25, 0.3) is 0 Å². The van der Waals surface area contributed by atoms with Gasteiger partial charge in [0.1, 0.15) is 6.04 Å². The molecular formula is C17H25N3O2. The molecular weight excluding hydrogens is 278 g/mol. The van der Waals surface area contributed by atoms with Crippen LogP contribution >= 0.6 is 0 Å². The summed E-state index contributed by atoms with van der Waals surface area (Å²) in [5, 5.41) is 1.38. The molecule has 1 N–H and O–H groups in total. The summed E-state index contributed by atoms with van der Waals surface area (Å²) in [6.45, 7) is 10.2. The second-order valence-electron chi connectivity index (χ2n) is 7.19. The Labute approximate surface area is 132 Å². The number of nitrogens with one attached hydrogen (secondary N) is 1. The van der Waals surface area contributed by atoms with Crippen molar-refractivity contribution in [2.45, 2.75) is 46.6 Å². The van der Waals surface area contributed by atoms with E-state index in [1.165, 1.54) is 15.5 Å². The zero-order valence-corrected chi connectivity index (χ0v) is 14.2. The van der Waals surface area contributed by atoms with Crippen molar-refractivity contribution in [2.24, 2.45) is 5.41 Å². The van der Waals surface area contributed by atoms with Gasteiger partial charge in [0.05, 0.1) is 5.69 Å². The van der Waals surface area contributed by atoms with Crippen LogP contribution in [0.4, 0.5) is 10.5 Å². The molecule has 1 fully saturated rings. The molecule has 1 atom stereocenters. The first-order chi connectivity index (χ1) is 10.1. The first kappa shape index (κ1) is 16.5. The molecule has 22 heavy (non-hydrogen) atoms. The number of nitrogens with zero attached hydrogens (tertiary/aromatic N) is 2. The van der Waals surface area contributed by atoms with E-state index in [0.717, 1.165) is 0 Å². The monoisotopic (exact) mass is 303 g/mol. The Bertz CT molecular complexity index is 573. The molecule has 2 rings (SSSR count). The summed E-state index contributed by atoms with van der Waals surface area (Å²) in [5.41, 5.74) is 4.48. The molecule has 0 spiro atoms. The van der Waals surface area contributed by atoms with Gasteiger partial charge in [-0.05, 0) is 29.0 Å². The van der Waals surface area contributed by atoms with Crippen molar-refractivity contribution in [3.8, 4) is 0 Å². The summed E-state index contributed by atoms with van der Waals surface area (Å²) in [4.78, 5) is 26.4. The van der Waals surface area contributed by atoms with Crippen molar-refractivity contribution >= 4 is 17.6 Å². The fourth-order valence-electron chi connectivity index (χ4n) is 2.49. The molecule has 1 aliphatic heterocycles. The predicted octanol–water partition coefficient (Wildman–Crippen LogP) is 3.13. The lowest BCUT2D eigenvalue weighted by molar-refractivity contribution is -0.125. The van der Waals surface area contributed by atoms with E-state index in [-0.39, 0.29) is 17.4 Å². The Morgan fingerprint density at radius 1 is 1.09 bits per heavy atom. The van der Waals surface area contributed by atoms with Crippen LogP contribution in [0.5, 0.6) is 0 Å². The fourth-order valence-corrected chi connectivity index (χ4v) is 2.49. The number of hydrogen-bond donors (Lipinski definition) is 1. The Morgan fingerprint density at radius 3 is 2.09 bits per heavy atom. The lowest BCUT2D eigenvalue weighted by atomic mass is 9.85. The lowest BCUT2D eigenvalue weighted by Gasteiger charge is -2.42. The number of carbonyl (C=O) groups excluding carboxylic acids is 2. The maximum Gasteiger partial charge on any atom is 0.345 e. The van der Waals surface area contributed by atoms with Crippen LogP contribution in [0.15, 0.2) is 24.3 Å². The van der Waals surface area contributed by atoms with Crippen LogP contribution in [-0.2, 0) is 4.79 Å². The molecule has 1 unspecified atom stereocenters. The van der Waals surface area contributed by atoms with Gasteiger partial charge in [-0.1, -0.05) is 46.8 Å². The summed E-state index contributed by atoms with van der Waals surface area (Å²) >= 11 is 0. The summed E-state index contributed by atoms with van der Waals surface area (Å²) in [6, 6.07) is 6.81. The van der Waals surface area contributed by atoms with Gasteiger partial charge in [0, 0.05) is 7.05 Å². The van der Waals surface area contributed by atoms with Crippen LogP contribution in [0.3, 0.4) is 0 Å². The molecule has 0 aliphatic carbocycles. The molecule has 0 radical (unpaired) electrons. The Hall–Kier alpha value is -1.88. The highest BCUT2D eigenvalue weighted by Crippen LogP contribution is 2.28. The van der Waals surface area contributed by atoms with Crippen molar-refractivity contribution in [1.29, 1.82) is 0 Å². The van der Waals surface area contributed by atoms with E-state index in [9.17, 15) is 9.59 Å². The molecule has 3 amide bonds. The zero-order chi connectivity index (χ0) is 16.7. The minimum absolute atomic E-state index is 0.215. The van der Waals surface area contributed by atoms with E-state index in [2.05, 4.69) is 19.3 Å². The zero-order valence-electron chi connectivity index (χ0n) is 14.2. The number of anilines is 1. The second-order valence-corrected chi connectivity index (χ2v) is 7.19. The number of imide groups is 1. The number of urea groups is 1. The van der Waals surface area contributed by atoms with Gasteiger partial charge >= 0.3 is 6.03 Å². The Balaban J connectivity index is 2.38. The van der Waals surface area contributed by atoms with Crippen LogP contribution in [0.1, 0.15) is 46.1 Å². The molecule has 1 aliphatic rings. The molecule has 1 saturated heterocycles. The van der Waals surface area contributed by atoms with E-state index in [1.54, 1.807) is 7.05 Å². The fraction of sp³-hybridized carbons (Fsp3) is 0.529. The standard InChI is InChI=1S/C17H25N3O2/c1-11(2)12-7-9-13(10-8-12)20-15(21)14(17(3,4)5)18-19(6)16(20)22/h7-11,14,18H,1-6H3. The predicted molar refractivity (Wildman–Crippen MR) is 87.6 cm³/mol. The first-order valence-corrected chi connectivity index (χ1v) is 7.60. The van der Waals surface area contributed by atoms with E-state index in [1.807, 2.05) is 45.0 Å². The van der Waals surface area contributed by atoms with E-state index in [0.29, 0.717) is 11.6 Å². The molecule has 0 aromatic heterocycles. The number of hydrazine groups is 1. The number of hydrogen-bond acceptors (Lipinski definition) is 3. The van der Waals surface area contributed by atoms with Gasteiger partial charge in [-0.3, -0.25) is 9.80 Å². The van der Waals surface area contributed by atoms with Gasteiger partial charge in [0.2, 0.25) is 0 Å². The molecule has 120 valence electrons. The molecule has 0 bridgehead atoms. The number of benzene rings is 1. The smallest absolute Gasteiger partial charge is 0.272 e. The SMILES string of the molecule is CC(C)c1ccc(N2C(=O)C(C(C)(C)C)NN(C)C2=O)cc1. The van der Waals surface area contributed by atoms with E-state index in [4.69, 9.17) is 0 Å². The van der Waals surface area contributed by atoms with Crippen LogP contribution in [-0.4, -0.2) is 30.0 Å². The quantitative estimate of drug-likeness (QED) is 0.913. The topological polar surface area (TPSA) is 52.7 Å². The van der Waals surface area contributed by atoms with Gasteiger partial charge in [0.15, 0.2) is 0 Å². The average Bonchev–Trinajstić information content (AvgIpc) is 2.42. The third-order valence-electron chi connectivity index (χ3n) is 3.95. The highest BCUT2D eigenvalue weighted by atomic mass is 16.2. The normalized spacial score (nSPS) is 20.0.